The number of ether oxygens (including phenoxy) is 1. The molecule has 16 heavy (non-hydrogen) atoms. The Morgan fingerprint density at radius 2 is 2.06 bits per heavy atom. The van der Waals surface area contributed by atoms with E-state index in [0.29, 0.717) is 19.6 Å². The largest absolute Gasteiger partial charge is 0.377 e. The predicted octanol–water partition coefficient (Wildman–Crippen LogP) is 3.61. The lowest BCUT2D eigenvalue weighted by molar-refractivity contribution is 0.0954. The Bertz CT molecular complexity index is 343. The molecule has 0 aliphatic heterocycles. The maximum atomic E-state index is 11.7. The van der Waals surface area contributed by atoms with Crippen molar-refractivity contribution in [1.82, 2.24) is 0 Å². The molecule has 1 aromatic carbocycles. The molecule has 0 heterocycles. The predicted molar refractivity (Wildman–Crippen MR) is 68.7 cm³/mol. The van der Waals surface area contributed by atoms with Gasteiger partial charge in [0.15, 0.2) is 5.78 Å². The Morgan fingerprint density at radius 1 is 1.38 bits per heavy atom. The SMILES string of the molecule is C=CCOCCCC(=O)c1ccc(Br)cc1. The number of hydrogen-bond donors (Lipinski definition) is 0. The van der Waals surface area contributed by atoms with Gasteiger partial charge in [-0.05, 0) is 18.6 Å². The second-order valence-corrected chi connectivity index (χ2v) is 4.31. The molecule has 0 amide bonds. The molecule has 0 saturated heterocycles. The zero-order valence-corrected chi connectivity index (χ0v) is 10.7. The molecule has 0 atom stereocenters. The van der Waals surface area contributed by atoms with Crippen LogP contribution in [0.15, 0.2) is 41.4 Å². The molecule has 0 N–H and O–H groups in total. The molecule has 86 valence electrons. The summed E-state index contributed by atoms with van der Waals surface area (Å²) < 4.78 is 6.20. The summed E-state index contributed by atoms with van der Waals surface area (Å²) in [7, 11) is 0. The Labute approximate surface area is 104 Å². The third-order valence-electron chi connectivity index (χ3n) is 2.09. The summed E-state index contributed by atoms with van der Waals surface area (Å²) in [6, 6.07) is 7.41. The summed E-state index contributed by atoms with van der Waals surface area (Å²) in [4.78, 5) is 11.7. The van der Waals surface area contributed by atoms with E-state index < -0.39 is 0 Å². The Hall–Kier alpha value is -0.930. The number of ketones is 1. The van der Waals surface area contributed by atoms with Crippen molar-refractivity contribution in [3.63, 3.8) is 0 Å². The van der Waals surface area contributed by atoms with E-state index in [1.54, 1.807) is 6.08 Å². The van der Waals surface area contributed by atoms with Crippen LogP contribution >= 0.6 is 15.9 Å². The van der Waals surface area contributed by atoms with Crippen LogP contribution < -0.4 is 0 Å². The number of halogens is 1. The van der Waals surface area contributed by atoms with Crippen LogP contribution in [0.25, 0.3) is 0 Å². The van der Waals surface area contributed by atoms with E-state index in [1.165, 1.54) is 0 Å². The van der Waals surface area contributed by atoms with Gasteiger partial charge in [-0.15, -0.1) is 6.58 Å². The minimum Gasteiger partial charge on any atom is -0.377 e. The number of carbonyl (C=O) groups excluding carboxylic acids is 1. The van der Waals surface area contributed by atoms with E-state index in [1.807, 2.05) is 24.3 Å². The van der Waals surface area contributed by atoms with Gasteiger partial charge in [0.1, 0.15) is 0 Å². The fraction of sp³-hybridized carbons (Fsp3) is 0.308. The van der Waals surface area contributed by atoms with Crippen molar-refractivity contribution >= 4 is 21.7 Å². The standard InChI is InChI=1S/C13H15BrO2/c1-2-9-16-10-3-4-13(15)11-5-7-12(14)8-6-11/h2,5-8H,1,3-4,9-10H2. The lowest BCUT2D eigenvalue weighted by Crippen LogP contribution is -2.02. The van der Waals surface area contributed by atoms with E-state index in [9.17, 15) is 4.79 Å². The molecule has 0 aliphatic carbocycles. The Morgan fingerprint density at radius 3 is 2.69 bits per heavy atom. The van der Waals surface area contributed by atoms with E-state index in [2.05, 4.69) is 22.5 Å². The summed E-state index contributed by atoms with van der Waals surface area (Å²) in [5.41, 5.74) is 0.756. The summed E-state index contributed by atoms with van der Waals surface area (Å²) in [6.07, 6.45) is 2.98. The van der Waals surface area contributed by atoms with Gasteiger partial charge in [-0.3, -0.25) is 4.79 Å². The van der Waals surface area contributed by atoms with Crippen molar-refractivity contribution in [2.45, 2.75) is 12.8 Å². The maximum absolute atomic E-state index is 11.7. The molecule has 3 heteroatoms. The Balaban J connectivity index is 2.29. The maximum Gasteiger partial charge on any atom is 0.162 e. The van der Waals surface area contributed by atoms with Gasteiger partial charge in [-0.25, -0.2) is 0 Å². The lowest BCUT2D eigenvalue weighted by Gasteiger charge is -2.02. The molecule has 0 saturated carbocycles. The van der Waals surface area contributed by atoms with Gasteiger partial charge in [0.05, 0.1) is 6.61 Å². The van der Waals surface area contributed by atoms with Crippen LogP contribution in [0.5, 0.6) is 0 Å². The van der Waals surface area contributed by atoms with Gasteiger partial charge < -0.3 is 4.74 Å². The van der Waals surface area contributed by atoms with Gasteiger partial charge >= 0.3 is 0 Å². The first-order valence-corrected chi connectivity index (χ1v) is 6.00. The summed E-state index contributed by atoms with van der Waals surface area (Å²) >= 11 is 3.33. The van der Waals surface area contributed by atoms with Gasteiger partial charge in [-0.2, -0.15) is 0 Å². The van der Waals surface area contributed by atoms with Crippen molar-refractivity contribution in [2.24, 2.45) is 0 Å². The van der Waals surface area contributed by atoms with Crippen molar-refractivity contribution in [3.05, 3.63) is 47.0 Å². The van der Waals surface area contributed by atoms with Crippen molar-refractivity contribution in [1.29, 1.82) is 0 Å². The first kappa shape index (κ1) is 13.1. The van der Waals surface area contributed by atoms with Crippen LogP contribution in [0.1, 0.15) is 23.2 Å². The second kappa shape index (κ2) is 7.36. The number of Topliss-reactive ketones (excluding diaryl/α,β-unsaturated/α-hetero) is 1. The quantitative estimate of drug-likeness (QED) is 0.434. The van der Waals surface area contributed by atoms with Crippen LogP contribution in [-0.2, 0) is 4.74 Å². The summed E-state index contributed by atoms with van der Waals surface area (Å²) in [6.45, 7) is 4.71. The monoisotopic (exact) mass is 282 g/mol. The minimum absolute atomic E-state index is 0.162. The van der Waals surface area contributed by atoms with Gasteiger partial charge in [0, 0.05) is 23.1 Å². The smallest absolute Gasteiger partial charge is 0.162 e. The number of benzene rings is 1. The van der Waals surface area contributed by atoms with Crippen molar-refractivity contribution < 1.29 is 9.53 Å². The van der Waals surface area contributed by atoms with Gasteiger partial charge in [0.2, 0.25) is 0 Å². The molecule has 1 aromatic rings. The van der Waals surface area contributed by atoms with Gasteiger partial charge in [0.25, 0.3) is 0 Å². The van der Waals surface area contributed by atoms with E-state index >= 15 is 0 Å². The van der Waals surface area contributed by atoms with Crippen LogP contribution in [0, 0.1) is 0 Å². The van der Waals surface area contributed by atoms with Crippen LogP contribution in [-0.4, -0.2) is 19.0 Å². The van der Waals surface area contributed by atoms with E-state index in [4.69, 9.17) is 4.74 Å². The zero-order valence-electron chi connectivity index (χ0n) is 9.12. The molecular formula is C13H15BrO2. The van der Waals surface area contributed by atoms with Crippen molar-refractivity contribution in [2.75, 3.05) is 13.2 Å². The molecule has 0 aliphatic rings. The van der Waals surface area contributed by atoms with E-state index in [0.717, 1.165) is 16.5 Å². The average molecular weight is 283 g/mol. The van der Waals surface area contributed by atoms with Crippen molar-refractivity contribution in [3.8, 4) is 0 Å². The molecule has 0 fully saturated rings. The topological polar surface area (TPSA) is 26.3 Å². The highest BCUT2D eigenvalue weighted by molar-refractivity contribution is 9.10. The molecule has 2 nitrogen and oxygen atoms in total. The van der Waals surface area contributed by atoms with E-state index in [-0.39, 0.29) is 5.78 Å². The number of carbonyl (C=O) groups is 1. The highest BCUT2D eigenvalue weighted by Gasteiger charge is 2.04. The molecule has 0 spiro atoms. The summed E-state index contributed by atoms with van der Waals surface area (Å²) in [5.74, 6) is 0.162. The summed E-state index contributed by atoms with van der Waals surface area (Å²) in [5, 5.41) is 0. The zero-order chi connectivity index (χ0) is 11.8. The molecule has 0 aromatic heterocycles. The lowest BCUT2D eigenvalue weighted by atomic mass is 10.1. The molecule has 0 radical (unpaired) electrons. The fourth-order valence-corrected chi connectivity index (χ4v) is 1.55. The average Bonchev–Trinajstić information content (AvgIpc) is 2.29. The first-order valence-electron chi connectivity index (χ1n) is 5.21. The molecule has 1 rings (SSSR count). The van der Waals surface area contributed by atoms with Crippen LogP contribution in [0.2, 0.25) is 0 Å². The van der Waals surface area contributed by atoms with Crippen LogP contribution in [0.4, 0.5) is 0 Å². The third-order valence-corrected chi connectivity index (χ3v) is 2.62. The third kappa shape index (κ3) is 4.73. The molecule has 0 unspecified atom stereocenters. The fourth-order valence-electron chi connectivity index (χ4n) is 1.28. The molecule has 0 bridgehead atoms. The number of hydrogen-bond acceptors (Lipinski definition) is 2. The van der Waals surface area contributed by atoms with Gasteiger partial charge in [-0.1, -0.05) is 34.1 Å². The Kier molecular flexibility index (Phi) is 6.04. The molecular weight excluding hydrogens is 268 g/mol. The second-order valence-electron chi connectivity index (χ2n) is 3.40. The minimum atomic E-state index is 0.162. The highest BCUT2D eigenvalue weighted by atomic mass is 79.9. The number of rotatable bonds is 7. The normalized spacial score (nSPS) is 10.1. The first-order chi connectivity index (χ1) is 7.74. The highest BCUT2D eigenvalue weighted by Crippen LogP contribution is 2.12. The van der Waals surface area contributed by atoms with Crippen LogP contribution in [0.3, 0.4) is 0 Å².